The van der Waals surface area contributed by atoms with Gasteiger partial charge in [0.2, 0.25) is 0 Å². The van der Waals surface area contributed by atoms with Gasteiger partial charge in [-0.25, -0.2) is 0 Å². The van der Waals surface area contributed by atoms with Crippen LogP contribution in [0.2, 0.25) is 0 Å². The van der Waals surface area contributed by atoms with Gasteiger partial charge in [-0.1, -0.05) is 0 Å². The van der Waals surface area contributed by atoms with Crippen molar-refractivity contribution in [1.82, 2.24) is 0 Å². The van der Waals surface area contributed by atoms with Crippen LogP contribution in [0.15, 0.2) is 4.99 Å². The number of halogens is 1. The van der Waals surface area contributed by atoms with Crippen LogP contribution in [0.25, 0.3) is 0 Å². The molecular formula is C7H16ClN3O. The van der Waals surface area contributed by atoms with Gasteiger partial charge in [-0.3, -0.25) is 4.99 Å². The highest BCUT2D eigenvalue weighted by Gasteiger charge is 2.12. The van der Waals surface area contributed by atoms with Gasteiger partial charge in [-0.15, -0.1) is 12.4 Å². The summed E-state index contributed by atoms with van der Waals surface area (Å²) in [4.78, 5) is 3.96. The molecule has 72 valence electrons. The number of guanidine groups is 1. The van der Waals surface area contributed by atoms with Crippen LogP contribution in [0.1, 0.15) is 12.8 Å². The molecule has 0 aromatic carbocycles. The SMILES string of the molecule is Cl.NC(N)=NCC1CCOCC1. The number of nitrogens with two attached hydrogens (primary N) is 2. The minimum atomic E-state index is 0. The van der Waals surface area contributed by atoms with E-state index in [0.717, 1.165) is 32.6 Å². The molecule has 1 aliphatic rings. The van der Waals surface area contributed by atoms with Gasteiger partial charge in [0.1, 0.15) is 0 Å². The molecule has 4 N–H and O–H groups in total. The van der Waals surface area contributed by atoms with Gasteiger partial charge in [0.15, 0.2) is 5.96 Å². The number of aliphatic imine (C=N–C) groups is 1. The maximum absolute atomic E-state index is 5.21. The molecule has 1 rings (SSSR count). The predicted octanol–water partition coefficient (Wildman–Crippen LogP) is 0.108. The van der Waals surface area contributed by atoms with Crippen molar-refractivity contribution >= 4 is 18.4 Å². The largest absolute Gasteiger partial charge is 0.381 e. The van der Waals surface area contributed by atoms with Crippen LogP contribution in [0.4, 0.5) is 0 Å². The van der Waals surface area contributed by atoms with E-state index in [1.807, 2.05) is 0 Å². The Hall–Kier alpha value is -0.480. The molecule has 0 aromatic heterocycles. The Morgan fingerprint density at radius 3 is 2.42 bits per heavy atom. The lowest BCUT2D eigenvalue weighted by atomic mass is 10.0. The average molecular weight is 194 g/mol. The monoisotopic (exact) mass is 193 g/mol. The molecule has 1 heterocycles. The van der Waals surface area contributed by atoms with Crippen molar-refractivity contribution in [2.45, 2.75) is 12.8 Å². The van der Waals surface area contributed by atoms with Gasteiger partial charge in [-0.05, 0) is 18.8 Å². The summed E-state index contributed by atoms with van der Waals surface area (Å²) < 4.78 is 5.20. The fourth-order valence-corrected chi connectivity index (χ4v) is 1.16. The van der Waals surface area contributed by atoms with Gasteiger partial charge in [-0.2, -0.15) is 0 Å². The van der Waals surface area contributed by atoms with E-state index >= 15 is 0 Å². The molecule has 0 spiro atoms. The van der Waals surface area contributed by atoms with E-state index in [-0.39, 0.29) is 18.4 Å². The first-order valence-corrected chi connectivity index (χ1v) is 3.92. The predicted molar refractivity (Wildman–Crippen MR) is 51.5 cm³/mol. The van der Waals surface area contributed by atoms with Gasteiger partial charge >= 0.3 is 0 Å². The van der Waals surface area contributed by atoms with E-state index in [4.69, 9.17) is 16.2 Å². The second-order valence-electron chi connectivity index (χ2n) is 2.82. The Bertz CT molecular complexity index is 142. The first kappa shape index (κ1) is 11.5. The molecule has 5 heteroatoms. The molecule has 0 aliphatic carbocycles. The second kappa shape index (κ2) is 6.08. The van der Waals surface area contributed by atoms with E-state index in [1.54, 1.807) is 0 Å². The quantitative estimate of drug-likeness (QED) is 0.483. The van der Waals surface area contributed by atoms with Crippen molar-refractivity contribution in [2.24, 2.45) is 22.4 Å². The van der Waals surface area contributed by atoms with E-state index in [1.165, 1.54) is 0 Å². The molecule has 0 saturated carbocycles. The van der Waals surface area contributed by atoms with Crippen molar-refractivity contribution in [3.63, 3.8) is 0 Å². The molecule has 1 saturated heterocycles. The number of hydrogen-bond acceptors (Lipinski definition) is 2. The summed E-state index contributed by atoms with van der Waals surface area (Å²) in [6.07, 6.45) is 2.16. The molecule has 1 aliphatic heterocycles. The lowest BCUT2D eigenvalue weighted by Gasteiger charge is -2.19. The first-order chi connectivity index (χ1) is 5.29. The van der Waals surface area contributed by atoms with Gasteiger partial charge in [0, 0.05) is 19.8 Å². The average Bonchev–Trinajstić information content (AvgIpc) is 2.03. The lowest BCUT2D eigenvalue weighted by Crippen LogP contribution is -2.25. The lowest BCUT2D eigenvalue weighted by molar-refractivity contribution is 0.0689. The van der Waals surface area contributed by atoms with E-state index in [2.05, 4.69) is 4.99 Å². The molecular weight excluding hydrogens is 178 g/mol. The van der Waals surface area contributed by atoms with Crippen LogP contribution in [0.3, 0.4) is 0 Å². The zero-order valence-corrected chi connectivity index (χ0v) is 7.85. The fraction of sp³-hybridized carbons (Fsp3) is 0.857. The highest BCUT2D eigenvalue weighted by Crippen LogP contribution is 2.14. The first-order valence-electron chi connectivity index (χ1n) is 3.92. The van der Waals surface area contributed by atoms with Crippen molar-refractivity contribution in [3.8, 4) is 0 Å². The zero-order valence-electron chi connectivity index (χ0n) is 7.03. The van der Waals surface area contributed by atoms with Crippen molar-refractivity contribution < 1.29 is 4.74 Å². The summed E-state index contributed by atoms with van der Waals surface area (Å²) in [5, 5.41) is 0. The maximum atomic E-state index is 5.21. The summed E-state index contributed by atoms with van der Waals surface area (Å²) in [7, 11) is 0. The van der Waals surface area contributed by atoms with Gasteiger partial charge < -0.3 is 16.2 Å². The molecule has 0 atom stereocenters. The third-order valence-electron chi connectivity index (χ3n) is 1.87. The topological polar surface area (TPSA) is 73.6 Å². The minimum Gasteiger partial charge on any atom is -0.381 e. The number of hydrogen-bond donors (Lipinski definition) is 2. The maximum Gasteiger partial charge on any atom is 0.185 e. The fourth-order valence-electron chi connectivity index (χ4n) is 1.16. The number of rotatable bonds is 2. The van der Waals surface area contributed by atoms with Gasteiger partial charge in [0.05, 0.1) is 0 Å². The third kappa shape index (κ3) is 4.41. The highest BCUT2D eigenvalue weighted by atomic mass is 35.5. The Balaban J connectivity index is 0.00000121. The molecule has 0 bridgehead atoms. The van der Waals surface area contributed by atoms with Crippen LogP contribution in [-0.4, -0.2) is 25.7 Å². The van der Waals surface area contributed by atoms with Crippen LogP contribution in [-0.2, 0) is 4.74 Å². The van der Waals surface area contributed by atoms with Crippen LogP contribution < -0.4 is 11.5 Å². The molecule has 0 amide bonds. The Morgan fingerprint density at radius 1 is 1.33 bits per heavy atom. The molecule has 0 unspecified atom stereocenters. The summed E-state index contributed by atoms with van der Waals surface area (Å²) in [6, 6.07) is 0. The van der Waals surface area contributed by atoms with E-state index in [9.17, 15) is 0 Å². The van der Waals surface area contributed by atoms with Crippen molar-refractivity contribution in [1.29, 1.82) is 0 Å². The molecule has 4 nitrogen and oxygen atoms in total. The van der Waals surface area contributed by atoms with Gasteiger partial charge in [0.25, 0.3) is 0 Å². The molecule has 12 heavy (non-hydrogen) atoms. The molecule has 0 aromatic rings. The Labute approximate surface area is 78.8 Å². The Kier molecular flexibility index (Phi) is 5.84. The summed E-state index contributed by atoms with van der Waals surface area (Å²) >= 11 is 0. The van der Waals surface area contributed by atoms with E-state index in [0.29, 0.717) is 5.92 Å². The summed E-state index contributed by atoms with van der Waals surface area (Å²) in [6.45, 7) is 2.46. The summed E-state index contributed by atoms with van der Waals surface area (Å²) in [5.74, 6) is 0.808. The zero-order chi connectivity index (χ0) is 8.10. The molecule has 1 fully saturated rings. The highest BCUT2D eigenvalue weighted by molar-refractivity contribution is 5.85. The van der Waals surface area contributed by atoms with Crippen LogP contribution >= 0.6 is 12.4 Å². The Morgan fingerprint density at radius 2 is 1.92 bits per heavy atom. The van der Waals surface area contributed by atoms with Crippen molar-refractivity contribution in [2.75, 3.05) is 19.8 Å². The smallest absolute Gasteiger partial charge is 0.185 e. The van der Waals surface area contributed by atoms with Crippen LogP contribution in [0.5, 0.6) is 0 Å². The second-order valence-corrected chi connectivity index (χ2v) is 2.82. The normalized spacial score (nSPS) is 18.0. The molecule has 0 radical (unpaired) electrons. The standard InChI is InChI=1S/C7H15N3O.ClH/c8-7(9)10-5-6-1-3-11-4-2-6;/h6H,1-5H2,(H4,8,9,10);1H. The summed E-state index contributed by atoms with van der Waals surface area (Å²) in [5.41, 5.74) is 10.4. The van der Waals surface area contributed by atoms with Crippen molar-refractivity contribution in [3.05, 3.63) is 0 Å². The van der Waals surface area contributed by atoms with Crippen LogP contribution in [0, 0.1) is 5.92 Å². The number of ether oxygens (including phenoxy) is 1. The van der Waals surface area contributed by atoms with E-state index < -0.39 is 0 Å². The minimum absolute atomic E-state index is 0. The number of nitrogens with zero attached hydrogens (tertiary/aromatic N) is 1. The third-order valence-corrected chi connectivity index (χ3v) is 1.87.